The van der Waals surface area contributed by atoms with Crippen molar-refractivity contribution in [2.75, 3.05) is 0 Å². The fraction of sp³-hybridized carbons (Fsp3) is 0.118. The number of carboxylic acid groups (broad SMARTS) is 1. The van der Waals surface area contributed by atoms with Crippen LogP contribution in [0, 0.1) is 6.92 Å². The van der Waals surface area contributed by atoms with E-state index >= 15 is 0 Å². The molecule has 0 aliphatic carbocycles. The van der Waals surface area contributed by atoms with Crippen molar-refractivity contribution in [3.63, 3.8) is 0 Å². The second-order valence-corrected chi connectivity index (χ2v) is 5.42. The van der Waals surface area contributed by atoms with Gasteiger partial charge in [-0.25, -0.2) is 4.79 Å². The summed E-state index contributed by atoms with van der Waals surface area (Å²) < 4.78 is 1.84. The standard InChI is InChI=1S/C17H14ClNO2/c1-11-5-4-6-12(9-11)10-19-14-8-3-2-7-13(14)15(16(19)18)17(20)21/h2-9H,10H2,1H3,(H,20,21). The van der Waals surface area contributed by atoms with E-state index in [2.05, 4.69) is 6.07 Å². The van der Waals surface area contributed by atoms with Gasteiger partial charge in [-0.3, -0.25) is 0 Å². The Kier molecular flexibility index (Phi) is 3.43. The van der Waals surface area contributed by atoms with Gasteiger partial charge in [0, 0.05) is 11.9 Å². The molecule has 2 aromatic carbocycles. The number of hydrogen-bond donors (Lipinski definition) is 1. The fourth-order valence-electron chi connectivity index (χ4n) is 2.62. The maximum Gasteiger partial charge on any atom is 0.339 e. The molecule has 3 rings (SSSR count). The van der Waals surface area contributed by atoms with Crippen LogP contribution in [0.25, 0.3) is 10.9 Å². The Bertz CT molecular complexity index is 836. The Balaban J connectivity index is 2.18. The van der Waals surface area contributed by atoms with Crippen LogP contribution in [0.3, 0.4) is 0 Å². The molecule has 0 atom stereocenters. The number of nitrogens with zero attached hydrogens (tertiary/aromatic N) is 1. The van der Waals surface area contributed by atoms with Crippen molar-refractivity contribution in [2.24, 2.45) is 0 Å². The predicted molar refractivity (Wildman–Crippen MR) is 84.2 cm³/mol. The van der Waals surface area contributed by atoms with Gasteiger partial charge in [0.1, 0.15) is 10.7 Å². The molecule has 0 bridgehead atoms. The summed E-state index contributed by atoms with van der Waals surface area (Å²) in [5.41, 5.74) is 3.26. The highest BCUT2D eigenvalue weighted by Gasteiger charge is 2.20. The van der Waals surface area contributed by atoms with E-state index in [1.165, 1.54) is 5.56 Å². The quantitative estimate of drug-likeness (QED) is 0.781. The van der Waals surface area contributed by atoms with Crippen molar-refractivity contribution in [2.45, 2.75) is 13.5 Å². The summed E-state index contributed by atoms with van der Waals surface area (Å²) in [6.45, 7) is 2.58. The normalized spacial score (nSPS) is 11.0. The van der Waals surface area contributed by atoms with E-state index in [0.29, 0.717) is 11.9 Å². The number of carboxylic acids is 1. The molecule has 0 spiro atoms. The molecule has 106 valence electrons. The molecule has 0 aliphatic heterocycles. The first-order valence-corrected chi connectivity index (χ1v) is 7.01. The van der Waals surface area contributed by atoms with Crippen LogP contribution in [0.1, 0.15) is 21.5 Å². The summed E-state index contributed by atoms with van der Waals surface area (Å²) in [5, 5.41) is 10.3. The van der Waals surface area contributed by atoms with Crippen LogP contribution in [0.4, 0.5) is 0 Å². The lowest BCUT2D eigenvalue weighted by molar-refractivity contribution is 0.0699. The van der Waals surface area contributed by atoms with Crippen LogP contribution < -0.4 is 0 Å². The SMILES string of the molecule is Cc1cccc(Cn2c(Cl)c(C(=O)O)c3ccccc32)c1. The molecule has 0 fully saturated rings. The molecule has 4 heteroatoms. The number of aromatic nitrogens is 1. The largest absolute Gasteiger partial charge is 0.478 e. The Morgan fingerprint density at radius 2 is 1.95 bits per heavy atom. The molecule has 3 nitrogen and oxygen atoms in total. The monoisotopic (exact) mass is 299 g/mol. The van der Waals surface area contributed by atoms with Crippen molar-refractivity contribution >= 4 is 28.5 Å². The van der Waals surface area contributed by atoms with Crippen LogP contribution in [-0.4, -0.2) is 15.6 Å². The van der Waals surface area contributed by atoms with Crippen molar-refractivity contribution in [1.82, 2.24) is 4.57 Å². The van der Waals surface area contributed by atoms with Gasteiger partial charge in [0.25, 0.3) is 0 Å². The third kappa shape index (κ3) is 2.41. The van der Waals surface area contributed by atoms with Crippen LogP contribution >= 0.6 is 11.6 Å². The number of aryl methyl sites for hydroxylation is 1. The topological polar surface area (TPSA) is 42.2 Å². The highest BCUT2D eigenvalue weighted by Crippen LogP contribution is 2.30. The molecule has 3 aromatic rings. The summed E-state index contributed by atoms with van der Waals surface area (Å²) in [7, 11) is 0. The maximum absolute atomic E-state index is 11.5. The lowest BCUT2D eigenvalue weighted by atomic mass is 10.1. The van der Waals surface area contributed by atoms with Gasteiger partial charge in [-0.05, 0) is 18.6 Å². The summed E-state index contributed by atoms with van der Waals surface area (Å²) in [5.74, 6) is -1.00. The van der Waals surface area contributed by atoms with Crippen LogP contribution in [0.2, 0.25) is 5.15 Å². The van der Waals surface area contributed by atoms with Gasteiger partial charge in [0.2, 0.25) is 0 Å². The first kappa shape index (κ1) is 13.7. The van der Waals surface area contributed by atoms with E-state index < -0.39 is 5.97 Å². The lowest BCUT2D eigenvalue weighted by Crippen LogP contribution is -2.01. The fourth-order valence-corrected chi connectivity index (χ4v) is 2.96. The van der Waals surface area contributed by atoms with Crippen LogP contribution in [-0.2, 0) is 6.54 Å². The van der Waals surface area contributed by atoms with E-state index in [-0.39, 0.29) is 10.7 Å². The zero-order valence-corrected chi connectivity index (χ0v) is 12.3. The molecule has 0 unspecified atom stereocenters. The van der Waals surface area contributed by atoms with Gasteiger partial charge in [-0.2, -0.15) is 0 Å². The second kappa shape index (κ2) is 5.26. The molecule has 0 saturated carbocycles. The van der Waals surface area contributed by atoms with Gasteiger partial charge in [0.15, 0.2) is 0 Å². The Labute approximate surface area is 127 Å². The van der Waals surface area contributed by atoms with E-state index in [1.807, 2.05) is 47.9 Å². The first-order chi connectivity index (χ1) is 10.1. The molecule has 0 aliphatic rings. The third-order valence-electron chi connectivity index (χ3n) is 3.54. The number of aromatic carboxylic acids is 1. The zero-order valence-electron chi connectivity index (χ0n) is 11.5. The molecule has 0 amide bonds. The van der Waals surface area contributed by atoms with Gasteiger partial charge in [0.05, 0.1) is 5.52 Å². The molecule has 0 radical (unpaired) electrons. The number of rotatable bonds is 3. The average molecular weight is 300 g/mol. The average Bonchev–Trinajstić information content (AvgIpc) is 2.72. The molecule has 1 heterocycles. The van der Waals surface area contributed by atoms with E-state index in [1.54, 1.807) is 6.07 Å². The zero-order chi connectivity index (χ0) is 15.0. The number of benzene rings is 2. The van der Waals surface area contributed by atoms with Crippen molar-refractivity contribution in [3.05, 3.63) is 70.4 Å². The molecule has 1 aromatic heterocycles. The maximum atomic E-state index is 11.5. The van der Waals surface area contributed by atoms with Gasteiger partial charge in [-0.15, -0.1) is 0 Å². The summed E-state index contributed by atoms with van der Waals surface area (Å²) in [4.78, 5) is 11.5. The minimum atomic E-state index is -1.00. The minimum Gasteiger partial charge on any atom is -0.478 e. The summed E-state index contributed by atoms with van der Waals surface area (Å²) in [6.07, 6.45) is 0. The van der Waals surface area contributed by atoms with Gasteiger partial charge >= 0.3 is 5.97 Å². The molecule has 21 heavy (non-hydrogen) atoms. The molecular formula is C17H14ClNO2. The summed E-state index contributed by atoms with van der Waals surface area (Å²) >= 11 is 6.32. The lowest BCUT2D eigenvalue weighted by Gasteiger charge is -2.08. The number of hydrogen-bond acceptors (Lipinski definition) is 1. The van der Waals surface area contributed by atoms with E-state index in [0.717, 1.165) is 11.1 Å². The number of fused-ring (bicyclic) bond motifs is 1. The minimum absolute atomic E-state index is 0.167. The number of halogens is 1. The summed E-state index contributed by atoms with van der Waals surface area (Å²) in [6, 6.07) is 15.5. The predicted octanol–water partition coefficient (Wildman–Crippen LogP) is 4.35. The molecule has 0 saturated heterocycles. The second-order valence-electron chi connectivity index (χ2n) is 5.06. The number of para-hydroxylation sites is 1. The van der Waals surface area contributed by atoms with Crippen molar-refractivity contribution in [3.8, 4) is 0 Å². The van der Waals surface area contributed by atoms with E-state index in [9.17, 15) is 9.90 Å². The first-order valence-electron chi connectivity index (χ1n) is 6.63. The van der Waals surface area contributed by atoms with Crippen molar-refractivity contribution in [1.29, 1.82) is 0 Å². The Morgan fingerprint density at radius 3 is 2.67 bits per heavy atom. The highest BCUT2D eigenvalue weighted by molar-refractivity contribution is 6.35. The van der Waals surface area contributed by atoms with Crippen molar-refractivity contribution < 1.29 is 9.90 Å². The highest BCUT2D eigenvalue weighted by atomic mass is 35.5. The Hall–Kier alpha value is -2.26. The molecule has 1 N–H and O–H groups in total. The van der Waals surface area contributed by atoms with Gasteiger partial charge < -0.3 is 9.67 Å². The van der Waals surface area contributed by atoms with Gasteiger partial charge in [-0.1, -0.05) is 59.6 Å². The molecular weight excluding hydrogens is 286 g/mol. The van der Waals surface area contributed by atoms with Crippen LogP contribution in [0.5, 0.6) is 0 Å². The number of carbonyl (C=O) groups is 1. The van der Waals surface area contributed by atoms with E-state index in [4.69, 9.17) is 11.6 Å². The smallest absolute Gasteiger partial charge is 0.339 e. The Morgan fingerprint density at radius 1 is 1.19 bits per heavy atom. The van der Waals surface area contributed by atoms with Crippen LogP contribution in [0.15, 0.2) is 48.5 Å². The third-order valence-corrected chi connectivity index (χ3v) is 3.94.